The van der Waals surface area contributed by atoms with Gasteiger partial charge in [-0.2, -0.15) is 0 Å². The minimum atomic E-state index is -0.196. The van der Waals surface area contributed by atoms with Crippen LogP contribution in [0.15, 0.2) is 48.5 Å². The van der Waals surface area contributed by atoms with E-state index in [9.17, 15) is 9.59 Å². The number of hydrogen-bond acceptors (Lipinski definition) is 2. The van der Waals surface area contributed by atoms with Gasteiger partial charge in [-0.1, -0.05) is 59.6 Å². The van der Waals surface area contributed by atoms with E-state index in [1.807, 2.05) is 49.4 Å². The van der Waals surface area contributed by atoms with Crippen LogP contribution in [0.2, 0.25) is 5.02 Å². The van der Waals surface area contributed by atoms with E-state index in [0.29, 0.717) is 18.1 Å². The van der Waals surface area contributed by atoms with E-state index < -0.39 is 0 Å². The molecule has 2 amide bonds. The average Bonchev–Trinajstić information content (AvgIpc) is 2.54. The number of amides is 2. The zero-order valence-electron chi connectivity index (χ0n) is 13.9. The molecule has 0 unspecified atom stereocenters. The Morgan fingerprint density at radius 3 is 2.54 bits per heavy atom. The zero-order chi connectivity index (χ0) is 17.5. The van der Waals surface area contributed by atoms with Crippen molar-refractivity contribution >= 4 is 23.4 Å². The van der Waals surface area contributed by atoms with Crippen molar-refractivity contribution in [1.29, 1.82) is 0 Å². The summed E-state index contributed by atoms with van der Waals surface area (Å²) in [6.07, 6.45) is 0. The summed E-state index contributed by atoms with van der Waals surface area (Å²) in [5.74, 6) is -0.362. The molecule has 0 fully saturated rings. The van der Waals surface area contributed by atoms with E-state index in [2.05, 4.69) is 5.32 Å². The number of hydrogen-bond donors (Lipinski definition) is 1. The summed E-state index contributed by atoms with van der Waals surface area (Å²) in [5, 5.41) is 3.43. The molecule has 0 aliphatic heterocycles. The molecule has 4 nitrogen and oxygen atoms in total. The van der Waals surface area contributed by atoms with Crippen molar-refractivity contribution < 1.29 is 9.59 Å². The highest BCUT2D eigenvalue weighted by molar-refractivity contribution is 6.31. The van der Waals surface area contributed by atoms with Crippen molar-refractivity contribution in [2.45, 2.75) is 26.9 Å². The predicted octanol–water partition coefficient (Wildman–Crippen LogP) is 3.31. The molecule has 1 N–H and O–H groups in total. The first-order valence-corrected chi connectivity index (χ1v) is 8.14. The molecule has 0 radical (unpaired) electrons. The van der Waals surface area contributed by atoms with Crippen LogP contribution in [0.1, 0.15) is 23.6 Å². The van der Waals surface area contributed by atoms with Crippen LogP contribution in [0.5, 0.6) is 0 Å². The molecule has 24 heavy (non-hydrogen) atoms. The minimum absolute atomic E-state index is 0.00632. The first-order valence-electron chi connectivity index (χ1n) is 7.77. The maximum absolute atomic E-state index is 12.2. The van der Waals surface area contributed by atoms with Gasteiger partial charge in [0.2, 0.25) is 11.8 Å². The predicted molar refractivity (Wildman–Crippen MR) is 95.6 cm³/mol. The van der Waals surface area contributed by atoms with E-state index in [1.54, 1.807) is 6.07 Å². The number of carbonyl (C=O) groups excluding carboxylic acids is 2. The number of halogens is 1. The monoisotopic (exact) mass is 344 g/mol. The van der Waals surface area contributed by atoms with Gasteiger partial charge in [0.25, 0.3) is 0 Å². The fourth-order valence-electron chi connectivity index (χ4n) is 2.36. The van der Waals surface area contributed by atoms with E-state index in [-0.39, 0.29) is 18.4 Å². The number of nitrogens with one attached hydrogen (secondary N) is 1. The topological polar surface area (TPSA) is 49.4 Å². The third kappa shape index (κ3) is 5.39. The van der Waals surface area contributed by atoms with Crippen molar-refractivity contribution in [2.75, 3.05) is 6.54 Å². The van der Waals surface area contributed by atoms with Gasteiger partial charge in [0.15, 0.2) is 0 Å². The van der Waals surface area contributed by atoms with E-state index in [4.69, 9.17) is 11.6 Å². The highest BCUT2D eigenvalue weighted by Crippen LogP contribution is 2.17. The molecule has 0 saturated heterocycles. The SMILES string of the molecule is CC(=O)N(CC(=O)NCc1cccc(C)c1)Cc1ccccc1Cl. The van der Waals surface area contributed by atoms with Crippen LogP contribution < -0.4 is 5.32 Å². The number of nitrogens with zero attached hydrogens (tertiary/aromatic N) is 1. The summed E-state index contributed by atoms with van der Waals surface area (Å²) in [6, 6.07) is 15.3. The Morgan fingerprint density at radius 1 is 1.12 bits per heavy atom. The van der Waals surface area contributed by atoms with Crippen molar-refractivity contribution in [3.8, 4) is 0 Å². The van der Waals surface area contributed by atoms with Gasteiger partial charge < -0.3 is 10.2 Å². The summed E-state index contributed by atoms with van der Waals surface area (Å²) in [4.78, 5) is 25.4. The molecule has 126 valence electrons. The number of carbonyl (C=O) groups is 2. The molecule has 5 heteroatoms. The first-order chi connectivity index (χ1) is 11.5. The summed E-state index contributed by atoms with van der Waals surface area (Å²) in [6.45, 7) is 4.22. The largest absolute Gasteiger partial charge is 0.350 e. The Kier molecular flexibility index (Phi) is 6.38. The van der Waals surface area contributed by atoms with Crippen LogP contribution in [-0.2, 0) is 22.7 Å². The Bertz CT molecular complexity index is 731. The van der Waals surface area contributed by atoms with Crippen LogP contribution in [-0.4, -0.2) is 23.3 Å². The molecule has 0 heterocycles. The van der Waals surface area contributed by atoms with Gasteiger partial charge in [0, 0.05) is 25.0 Å². The zero-order valence-corrected chi connectivity index (χ0v) is 14.6. The number of aryl methyl sites for hydroxylation is 1. The van der Waals surface area contributed by atoms with Gasteiger partial charge in [-0.05, 0) is 24.1 Å². The van der Waals surface area contributed by atoms with Crippen molar-refractivity contribution in [3.05, 3.63) is 70.2 Å². The fourth-order valence-corrected chi connectivity index (χ4v) is 2.56. The molecule has 2 aromatic rings. The third-order valence-electron chi connectivity index (χ3n) is 3.67. The molecule has 2 rings (SSSR count). The van der Waals surface area contributed by atoms with Crippen LogP contribution in [0, 0.1) is 6.92 Å². The summed E-state index contributed by atoms with van der Waals surface area (Å²) in [5.41, 5.74) is 3.00. The van der Waals surface area contributed by atoms with Crippen LogP contribution in [0.25, 0.3) is 0 Å². The summed E-state index contributed by atoms with van der Waals surface area (Å²) >= 11 is 6.13. The smallest absolute Gasteiger partial charge is 0.239 e. The highest BCUT2D eigenvalue weighted by Gasteiger charge is 2.15. The lowest BCUT2D eigenvalue weighted by atomic mass is 10.1. The molecule has 0 spiro atoms. The maximum Gasteiger partial charge on any atom is 0.239 e. The number of benzene rings is 2. The lowest BCUT2D eigenvalue weighted by Gasteiger charge is -2.21. The van der Waals surface area contributed by atoms with Gasteiger partial charge in [0.1, 0.15) is 0 Å². The van der Waals surface area contributed by atoms with Gasteiger partial charge in [0.05, 0.1) is 6.54 Å². The quantitative estimate of drug-likeness (QED) is 0.874. The average molecular weight is 345 g/mol. The van der Waals surface area contributed by atoms with E-state index in [0.717, 1.165) is 16.7 Å². The van der Waals surface area contributed by atoms with Crippen LogP contribution in [0.4, 0.5) is 0 Å². The lowest BCUT2D eigenvalue weighted by Crippen LogP contribution is -2.39. The summed E-state index contributed by atoms with van der Waals surface area (Å²) in [7, 11) is 0. The molecule has 0 aromatic heterocycles. The molecule has 0 aliphatic rings. The lowest BCUT2D eigenvalue weighted by molar-refractivity contribution is -0.135. The Labute approximate surface area is 147 Å². The first kappa shape index (κ1) is 18.0. The van der Waals surface area contributed by atoms with Gasteiger partial charge >= 0.3 is 0 Å². The Morgan fingerprint density at radius 2 is 1.88 bits per heavy atom. The maximum atomic E-state index is 12.2. The molecule has 0 bridgehead atoms. The molecular formula is C19H21ClN2O2. The van der Waals surface area contributed by atoms with E-state index in [1.165, 1.54) is 11.8 Å². The van der Waals surface area contributed by atoms with Gasteiger partial charge in [-0.25, -0.2) is 0 Å². The second-order valence-corrected chi connectivity index (χ2v) is 6.14. The van der Waals surface area contributed by atoms with Gasteiger partial charge in [-0.3, -0.25) is 9.59 Å². The second kappa shape index (κ2) is 8.50. The van der Waals surface area contributed by atoms with Gasteiger partial charge in [-0.15, -0.1) is 0 Å². The fraction of sp³-hybridized carbons (Fsp3) is 0.263. The Hall–Kier alpha value is -2.33. The molecule has 0 atom stereocenters. The standard InChI is InChI=1S/C19H21ClN2O2/c1-14-6-5-7-16(10-14)11-21-19(24)13-22(15(2)23)12-17-8-3-4-9-18(17)20/h3-10H,11-13H2,1-2H3,(H,21,24). The summed E-state index contributed by atoms with van der Waals surface area (Å²) < 4.78 is 0. The third-order valence-corrected chi connectivity index (χ3v) is 4.04. The normalized spacial score (nSPS) is 10.3. The van der Waals surface area contributed by atoms with Crippen LogP contribution in [0.3, 0.4) is 0 Å². The second-order valence-electron chi connectivity index (χ2n) is 5.73. The highest BCUT2D eigenvalue weighted by atomic mass is 35.5. The van der Waals surface area contributed by atoms with Crippen molar-refractivity contribution in [3.63, 3.8) is 0 Å². The molecule has 0 aliphatic carbocycles. The molecule has 0 saturated carbocycles. The van der Waals surface area contributed by atoms with Crippen LogP contribution >= 0.6 is 11.6 Å². The molecule has 2 aromatic carbocycles. The van der Waals surface area contributed by atoms with E-state index >= 15 is 0 Å². The van der Waals surface area contributed by atoms with Crippen molar-refractivity contribution in [1.82, 2.24) is 10.2 Å². The minimum Gasteiger partial charge on any atom is -0.350 e. The number of rotatable bonds is 6. The Balaban J connectivity index is 1.94. The van der Waals surface area contributed by atoms with Crippen molar-refractivity contribution in [2.24, 2.45) is 0 Å². The molecular weight excluding hydrogens is 324 g/mol.